The smallest absolute Gasteiger partial charge is 0.340 e. The first kappa shape index (κ1) is 14.4. The van der Waals surface area contributed by atoms with Gasteiger partial charge in [0.1, 0.15) is 12.6 Å². The van der Waals surface area contributed by atoms with Crippen molar-refractivity contribution < 1.29 is 14.4 Å². The van der Waals surface area contributed by atoms with Crippen LogP contribution < -0.4 is 4.90 Å². The first-order valence-electron chi connectivity index (χ1n) is 6.96. The lowest BCUT2D eigenvalue weighted by atomic mass is 10.1. The van der Waals surface area contributed by atoms with Gasteiger partial charge in [-0.15, -0.1) is 0 Å². The highest BCUT2D eigenvalue weighted by Gasteiger charge is 2.20. The summed E-state index contributed by atoms with van der Waals surface area (Å²) in [6.45, 7) is 5.22. The molecule has 2 rings (SSSR count). The van der Waals surface area contributed by atoms with Crippen molar-refractivity contribution in [3.63, 3.8) is 0 Å². The maximum atomic E-state index is 12.0. The molecule has 19 heavy (non-hydrogen) atoms. The van der Waals surface area contributed by atoms with Crippen LogP contribution in [0.2, 0.25) is 5.02 Å². The quantitative estimate of drug-likeness (QED) is 0.856. The van der Waals surface area contributed by atoms with Crippen LogP contribution in [0.5, 0.6) is 0 Å². The molecule has 1 saturated heterocycles. The largest absolute Gasteiger partial charge is 0.453 e. The van der Waals surface area contributed by atoms with Crippen LogP contribution in [0.4, 0.5) is 0 Å². The van der Waals surface area contributed by atoms with Crippen molar-refractivity contribution in [3.8, 4) is 0 Å². The Morgan fingerprint density at radius 1 is 1.32 bits per heavy atom. The molecule has 1 N–H and O–H groups in total. The van der Waals surface area contributed by atoms with Gasteiger partial charge in [-0.2, -0.15) is 0 Å². The number of nitrogens with one attached hydrogen (secondary N) is 1. The Hall–Kier alpha value is -1.06. The number of rotatable bonds is 4. The summed E-state index contributed by atoms with van der Waals surface area (Å²) in [5.74, 6) is -0.325. The van der Waals surface area contributed by atoms with E-state index in [0.29, 0.717) is 10.6 Å². The van der Waals surface area contributed by atoms with Crippen molar-refractivity contribution in [3.05, 3.63) is 34.9 Å². The zero-order chi connectivity index (χ0) is 13.7. The number of hydrogen-bond donors (Lipinski definition) is 1. The van der Waals surface area contributed by atoms with E-state index in [0.717, 1.165) is 6.54 Å². The molecule has 1 aliphatic heterocycles. The van der Waals surface area contributed by atoms with Gasteiger partial charge in [0, 0.05) is 0 Å². The lowest BCUT2D eigenvalue weighted by Crippen LogP contribution is -3.13. The SMILES string of the molecule is C[C@H](C[NH+]1CCCCC1)OC(=O)c1ccccc1Cl. The summed E-state index contributed by atoms with van der Waals surface area (Å²) < 4.78 is 5.48. The molecule has 0 saturated carbocycles. The van der Waals surface area contributed by atoms with E-state index >= 15 is 0 Å². The Morgan fingerprint density at radius 2 is 2.00 bits per heavy atom. The number of hydrogen-bond acceptors (Lipinski definition) is 2. The molecule has 0 aliphatic carbocycles. The molecule has 1 aliphatic rings. The zero-order valence-corrected chi connectivity index (χ0v) is 12.1. The maximum absolute atomic E-state index is 12.0. The van der Waals surface area contributed by atoms with Gasteiger partial charge in [0.2, 0.25) is 0 Å². The van der Waals surface area contributed by atoms with E-state index in [1.807, 2.05) is 6.92 Å². The molecule has 1 heterocycles. The fourth-order valence-corrected chi connectivity index (χ4v) is 2.79. The average molecular weight is 283 g/mol. The molecule has 1 aromatic carbocycles. The molecule has 0 spiro atoms. The van der Waals surface area contributed by atoms with E-state index in [4.69, 9.17) is 16.3 Å². The van der Waals surface area contributed by atoms with E-state index in [2.05, 4.69) is 0 Å². The van der Waals surface area contributed by atoms with Crippen molar-refractivity contribution >= 4 is 17.6 Å². The van der Waals surface area contributed by atoms with Gasteiger partial charge in [-0.05, 0) is 38.3 Å². The minimum atomic E-state index is -0.325. The van der Waals surface area contributed by atoms with Gasteiger partial charge in [0.25, 0.3) is 0 Å². The predicted molar refractivity (Wildman–Crippen MR) is 75.7 cm³/mol. The summed E-state index contributed by atoms with van der Waals surface area (Å²) in [5.41, 5.74) is 0.449. The minimum absolute atomic E-state index is 0.0723. The fraction of sp³-hybridized carbons (Fsp3) is 0.533. The predicted octanol–water partition coefficient (Wildman–Crippen LogP) is 1.95. The van der Waals surface area contributed by atoms with Gasteiger partial charge in [-0.25, -0.2) is 4.79 Å². The van der Waals surface area contributed by atoms with Crippen LogP contribution in [0.25, 0.3) is 0 Å². The molecule has 1 atom stereocenters. The van der Waals surface area contributed by atoms with E-state index in [1.165, 1.54) is 37.3 Å². The molecule has 3 nitrogen and oxygen atoms in total. The van der Waals surface area contributed by atoms with Crippen molar-refractivity contribution in [2.24, 2.45) is 0 Å². The molecular formula is C15H21ClNO2+. The number of halogens is 1. The molecule has 104 valence electrons. The number of quaternary nitrogens is 1. The standard InChI is InChI=1S/C15H20ClNO2/c1-12(11-17-9-5-2-6-10-17)19-15(18)13-7-3-4-8-14(13)16/h3-4,7-8,12H,2,5-6,9-11H2,1H3/p+1/t12-/m1/s1. The van der Waals surface area contributed by atoms with Gasteiger partial charge in [-0.1, -0.05) is 23.7 Å². The lowest BCUT2D eigenvalue weighted by Gasteiger charge is -2.26. The van der Waals surface area contributed by atoms with Gasteiger partial charge in [-0.3, -0.25) is 0 Å². The Morgan fingerprint density at radius 3 is 2.68 bits per heavy atom. The van der Waals surface area contributed by atoms with Crippen LogP contribution in [0, 0.1) is 0 Å². The number of piperidine rings is 1. The third kappa shape index (κ3) is 4.22. The maximum Gasteiger partial charge on any atom is 0.340 e. The van der Waals surface area contributed by atoms with E-state index < -0.39 is 0 Å². The fourth-order valence-electron chi connectivity index (χ4n) is 2.58. The number of likely N-dealkylation sites (tertiary alicyclic amines) is 1. The van der Waals surface area contributed by atoms with Crippen LogP contribution in [-0.4, -0.2) is 31.7 Å². The van der Waals surface area contributed by atoms with Gasteiger partial charge in [0.05, 0.1) is 23.7 Å². The van der Waals surface area contributed by atoms with Crippen LogP contribution in [-0.2, 0) is 4.74 Å². The second-order valence-electron chi connectivity index (χ2n) is 5.21. The first-order chi connectivity index (χ1) is 9.16. The number of ether oxygens (including phenoxy) is 1. The molecule has 0 radical (unpaired) electrons. The Kier molecular flexibility index (Phi) is 5.23. The molecule has 1 aromatic rings. The van der Waals surface area contributed by atoms with Crippen molar-refractivity contribution in [1.29, 1.82) is 0 Å². The normalized spacial score (nSPS) is 18.0. The molecular weight excluding hydrogens is 262 g/mol. The van der Waals surface area contributed by atoms with Crippen molar-refractivity contribution in [2.45, 2.75) is 32.3 Å². The van der Waals surface area contributed by atoms with Crippen LogP contribution in [0.15, 0.2) is 24.3 Å². The van der Waals surface area contributed by atoms with E-state index in [-0.39, 0.29) is 12.1 Å². The zero-order valence-electron chi connectivity index (χ0n) is 11.3. The van der Waals surface area contributed by atoms with E-state index in [1.54, 1.807) is 24.3 Å². The summed E-state index contributed by atoms with van der Waals surface area (Å²) in [5, 5.41) is 0.449. The highest BCUT2D eigenvalue weighted by Crippen LogP contribution is 2.16. The van der Waals surface area contributed by atoms with Crippen LogP contribution in [0.3, 0.4) is 0 Å². The summed E-state index contributed by atoms with van der Waals surface area (Å²) in [7, 11) is 0. The summed E-state index contributed by atoms with van der Waals surface area (Å²) >= 11 is 5.99. The average Bonchev–Trinajstić information content (AvgIpc) is 2.40. The van der Waals surface area contributed by atoms with E-state index in [9.17, 15) is 4.79 Å². The van der Waals surface area contributed by atoms with Crippen LogP contribution in [0.1, 0.15) is 36.5 Å². The number of esters is 1. The topological polar surface area (TPSA) is 30.7 Å². The van der Waals surface area contributed by atoms with Gasteiger partial charge < -0.3 is 9.64 Å². The summed E-state index contributed by atoms with van der Waals surface area (Å²) in [4.78, 5) is 13.5. The highest BCUT2D eigenvalue weighted by atomic mass is 35.5. The number of benzene rings is 1. The molecule has 4 heteroatoms. The summed E-state index contributed by atoms with van der Waals surface area (Å²) in [6, 6.07) is 7.01. The third-order valence-electron chi connectivity index (χ3n) is 3.54. The van der Waals surface area contributed by atoms with Gasteiger partial charge >= 0.3 is 5.97 Å². The first-order valence-corrected chi connectivity index (χ1v) is 7.33. The molecule has 0 unspecified atom stereocenters. The van der Waals surface area contributed by atoms with Gasteiger partial charge in [0.15, 0.2) is 0 Å². The molecule has 0 aromatic heterocycles. The van der Waals surface area contributed by atoms with Crippen molar-refractivity contribution in [1.82, 2.24) is 0 Å². The number of carbonyl (C=O) groups excluding carboxylic acids is 1. The monoisotopic (exact) mass is 282 g/mol. The lowest BCUT2D eigenvalue weighted by molar-refractivity contribution is -0.907. The second kappa shape index (κ2) is 6.92. The second-order valence-corrected chi connectivity index (χ2v) is 5.62. The summed E-state index contributed by atoms with van der Waals surface area (Å²) in [6.07, 6.45) is 3.81. The number of carbonyl (C=O) groups is 1. The minimum Gasteiger partial charge on any atom is -0.453 e. The van der Waals surface area contributed by atoms with Crippen molar-refractivity contribution in [2.75, 3.05) is 19.6 Å². The van der Waals surface area contributed by atoms with Crippen LogP contribution >= 0.6 is 11.6 Å². The third-order valence-corrected chi connectivity index (χ3v) is 3.87. The Labute approximate surface area is 119 Å². The molecule has 0 amide bonds. The molecule has 0 bridgehead atoms. The Bertz CT molecular complexity index is 430. The Balaban J connectivity index is 1.86. The molecule has 1 fully saturated rings. The highest BCUT2D eigenvalue weighted by molar-refractivity contribution is 6.33.